The molecule has 3 aliphatic rings. The van der Waals surface area contributed by atoms with Gasteiger partial charge in [-0.1, -0.05) is 6.92 Å². The molecule has 0 amide bonds. The van der Waals surface area contributed by atoms with E-state index in [9.17, 15) is 14.4 Å². The second-order valence-corrected chi connectivity index (χ2v) is 6.08. The summed E-state index contributed by atoms with van der Waals surface area (Å²) in [5, 5.41) is 0. The molecule has 0 aromatic rings. The SMILES string of the molecule is C=C1OCC(OC(=O)CC2OC(=O)OC2CC2OC(=O)OC2CC)CO1. The van der Waals surface area contributed by atoms with Crippen LogP contribution >= 0.6 is 0 Å². The van der Waals surface area contributed by atoms with Gasteiger partial charge in [0.1, 0.15) is 31.5 Å². The molecule has 3 saturated heterocycles. The van der Waals surface area contributed by atoms with Crippen LogP contribution in [0, 0.1) is 0 Å². The van der Waals surface area contributed by atoms with Crippen molar-refractivity contribution in [3.8, 4) is 0 Å². The minimum Gasteiger partial charge on any atom is -0.462 e. The van der Waals surface area contributed by atoms with E-state index in [0.29, 0.717) is 6.42 Å². The third-order valence-corrected chi connectivity index (χ3v) is 4.21. The highest BCUT2D eigenvalue weighted by Crippen LogP contribution is 2.29. The van der Waals surface area contributed by atoms with Gasteiger partial charge in [0, 0.05) is 6.42 Å². The first-order valence-electron chi connectivity index (χ1n) is 8.33. The number of ether oxygens (including phenoxy) is 7. The smallest absolute Gasteiger partial charge is 0.462 e. The number of rotatable bonds is 6. The average molecular weight is 372 g/mol. The molecule has 3 fully saturated rings. The van der Waals surface area contributed by atoms with Crippen LogP contribution in [0.5, 0.6) is 0 Å². The predicted molar refractivity (Wildman–Crippen MR) is 80.7 cm³/mol. The fraction of sp³-hybridized carbons (Fsp3) is 0.688. The van der Waals surface area contributed by atoms with Gasteiger partial charge in [0.25, 0.3) is 5.95 Å². The largest absolute Gasteiger partial charge is 0.509 e. The molecule has 0 spiro atoms. The van der Waals surface area contributed by atoms with Crippen LogP contribution in [0.15, 0.2) is 12.5 Å². The van der Waals surface area contributed by atoms with Crippen molar-refractivity contribution in [3.63, 3.8) is 0 Å². The zero-order valence-electron chi connectivity index (χ0n) is 14.2. The molecule has 0 saturated carbocycles. The number of hydrogen-bond acceptors (Lipinski definition) is 10. The summed E-state index contributed by atoms with van der Waals surface area (Å²) in [4.78, 5) is 34.9. The molecule has 4 unspecified atom stereocenters. The van der Waals surface area contributed by atoms with Crippen LogP contribution in [0.2, 0.25) is 0 Å². The molecule has 26 heavy (non-hydrogen) atoms. The van der Waals surface area contributed by atoms with Crippen molar-refractivity contribution in [1.82, 2.24) is 0 Å². The maximum atomic E-state index is 12.1. The Bertz CT molecular complexity index is 578. The van der Waals surface area contributed by atoms with Crippen LogP contribution in [0.4, 0.5) is 9.59 Å². The van der Waals surface area contributed by atoms with Gasteiger partial charge < -0.3 is 33.2 Å². The monoisotopic (exact) mass is 372 g/mol. The third kappa shape index (κ3) is 4.30. The summed E-state index contributed by atoms with van der Waals surface area (Å²) in [7, 11) is 0. The lowest BCUT2D eigenvalue weighted by Gasteiger charge is -2.25. The van der Waals surface area contributed by atoms with Gasteiger partial charge in [-0.3, -0.25) is 4.79 Å². The second-order valence-electron chi connectivity index (χ2n) is 6.08. The van der Waals surface area contributed by atoms with Crippen molar-refractivity contribution in [2.24, 2.45) is 0 Å². The van der Waals surface area contributed by atoms with Gasteiger partial charge in [-0.2, -0.15) is 0 Å². The Kier molecular flexibility index (Phi) is 5.38. The van der Waals surface area contributed by atoms with Crippen molar-refractivity contribution in [1.29, 1.82) is 0 Å². The van der Waals surface area contributed by atoms with Gasteiger partial charge in [0.15, 0.2) is 12.2 Å². The van der Waals surface area contributed by atoms with E-state index in [0.717, 1.165) is 0 Å². The first kappa shape index (κ1) is 18.2. The first-order valence-corrected chi connectivity index (χ1v) is 8.33. The van der Waals surface area contributed by atoms with E-state index in [1.165, 1.54) is 0 Å². The van der Waals surface area contributed by atoms with E-state index in [1.54, 1.807) is 0 Å². The molecule has 0 N–H and O–H groups in total. The van der Waals surface area contributed by atoms with Crippen LogP contribution in [0.1, 0.15) is 26.2 Å². The lowest BCUT2D eigenvalue weighted by atomic mass is 10.00. The van der Waals surface area contributed by atoms with Crippen LogP contribution in [-0.4, -0.2) is 62.0 Å². The van der Waals surface area contributed by atoms with Gasteiger partial charge in [-0.25, -0.2) is 9.59 Å². The molecule has 0 radical (unpaired) electrons. The van der Waals surface area contributed by atoms with Crippen molar-refractivity contribution in [3.05, 3.63) is 12.5 Å². The Balaban J connectivity index is 1.52. The molecule has 3 aliphatic heterocycles. The van der Waals surface area contributed by atoms with Crippen molar-refractivity contribution < 1.29 is 47.5 Å². The summed E-state index contributed by atoms with van der Waals surface area (Å²) in [5.74, 6) is -0.413. The maximum Gasteiger partial charge on any atom is 0.509 e. The Morgan fingerprint density at radius 1 is 1.00 bits per heavy atom. The summed E-state index contributed by atoms with van der Waals surface area (Å²) < 4.78 is 35.6. The quantitative estimate of drug-likeness (QED) is 0.500. The standard InChI is InChI=1S/C16H20O10/c1-3-10-11(24-15(18)23-10)4-12-13(26-16(19)25-12)5-14(17)22-9-6-20-8(2)21-7-9/h9-13H,2-7H2,1H3. The van der Waals surface area contributed by atoms with Crippen molar-refractivity contribution in [2.45, 2.75) is 56.7 Å². The predicted octanol–water partition coefficient (Wildman–Crippen LogP) is 1.41. The Hall–Kier alpha value is -2.65. The molecular formula is C16H20O10. The number of hydrogen-bond donors (Lipinski definition) is 0. The molecule has 0 aromatic heterocycles. The van der Waals surface area contributed by atoms with Crippen LogP contribution in [0.3, 0.4) is 0 Å². The summed E-state index contributed by atoms with van der Waals surface area (Å²) >= 11 is 0. The molecular weight excluding hydrogens is 352 g/mol. The van der Waals surface area contributed by atoms with E-state index >= 15 is 0 Å². The molecule has 10 nitrogen and oxygen atoms in total. The second kappa shape index (κ2) is 7.71. The van der Waals surface area contributed by atoms with Crippen LogP contribution in [-0.2, 0) is 38.0 Å². The highest BCUT2D eigenvalue weighted by Gasteiger charge is 2.45. The highest BCUT2D eigenvalue weighted by molar-refractivity contribution is 5.72. The zero-order valence-corrected chi connectivity index (χ0v) is 14.2. The van der Waals surface area contributed by atoms with Gasteiger partial charge in [0.05, 0.1) is 6.42 Å². The van der Waals surface area contributed by atoms with Gasteiger partial charge >= 0.3 is 18.3 Å². The van der Waals surface area contributed by atoms with E-state index in [2.05, 4.69) is 6.58 Å². The van der Waals surface area contributed by atoms with Gasteiger partial charge in [0.2, 0.25) is 0 Å². The maximum absolute atomic E-state index is 12.1. The first-order chi connectivity index (χ1) is 12.4. The minimum atomic E-state index is -0.883. The van der Waals surface area contributed by atoms with E-state index in [1.807, 2.05) is 6.92 Å². The Morgan fingerprint density at radius 3 is 2.15 bits per heavy atom. The Morgan fingerprint density at radius 2 is 1.54 bits per heavy atom. The molecule has 0 aromatic carbocycles. The minimum absolute atomic E-state index is 0.141. The Labute approximate surface area is 149 Å². The number of esters is 1. The highest BCUT2D eigenvalue weighted by atomic mass is 16.8. The fourth-order valence-corrected chi connectivity index (χ4v) is 2.93. The summed E-state index contributed by atoms with van der Waals surface area (Å²) in [6.45, 7) is 5.62. The van der Waals surface area contributed by atoms with Gasteiger partial charge in [-0.05, 0) is 13.0 Å². The number of carbonyl (C=O) groups is 3. The normalized spacial score (nSPS) is 31.2. The van der Waals surface area contributed by atoms with Gasteiger partial charge in [-0.15, -0.1) is 0 Å². The molecule has 10 heteroatoms. The zero-order chi connectivity index (χ0) is 18.7. The molecule has 0 bridgehead atoms. The lowest BCUT2D eigenvalue weighted by molar-refractivity contribution is -0.166. The molecule has 4 atom stereocenters. The fourth-order valence-electron chi connectivity index (χ4n) is 2.93. The average Bonchev–Trinajstić information content (AvgIpc) is 3.11. The summed E-state index contributed by atoms with van der Waals surface area (Å²) in [6.07, 6.45) is -4.29. The summed E-state index contributed by atoms with van der Waals surface area (Å²) in [6, 6.07) is 0. The van der Waals surface area contributed by atoms with E-state index < -0.39 is 48.8 Å². The molecule has 144 valence electrons. The van der Waals surface area contributed by atoms with Crippen molar-refractivity contribution >= 4 is 18.3 Å². The van der Waals surface area contributed by atoms with Crippen LogP contribution in [0.25, 0.3) is 0 Å². The van der Waals surface area contributed by atoms with E-state index in [-0.39, 0.29) is 32.0 Å². The molecule has 0 aliphatic carbocycles. The number of carbonyl (C=O) groups excluding carboxylic acids is 3. The topological polar surface area (TPSA) is 116 Å². The molecule has 3 heterocycles. The molecule has 3 rings (SSSR count). The summed E-state index contributed by atoms with van der Waals surface area (Å²) in [5.41, 5.74) is 0. The third-order valence-electron chi connectivity index (χ3n) is 4.21. The number of cyclic esters (lactones) is 4. The lowest BCUT2D eigenvalue weighted by Crippen LogP contribution is -2.36. The van der Waals surface area contributed by atoms with Crippen molar-refractivity contribution in [2.75, 3.05) is 13.2 Å². The van der Waals surface area contributed by atoms with Crippen LogP contribution < -0.4 is 0 Å². The van der Waals surface area contributed by atoms with E-state index in [4.69, 9.17) is 33.2 Å².